The molecule has 0 saturated carbocycles. The minimum Gasteiger partial charge on any atom is -0.497 e. The first-order valence-corrected chi connectivity index (χ1v) is 9.46. The number of H-pyrrole nitrogens is 1. The number of aromatic amines is 1. The summed E-state index contributed by atoms with van der Waals surface area (Å²) in [7, 11) is 1.69. The van der Waals surface area contributed by atoms with Gasteiger partial charge in [0.05, 0.1) is 24.6 Å². The lowest BCUT2D eigenvalue weighted by Gasteiger charge is -2.22. The molecule has 0 bridgehead atoms. The van der Waals surface area contributed by atoms with E-state index in [2.05, 4.69) is 76.7 Å². The third-order valence-electron chi connectivity index (χ3n) is 5.26. The molecule has 0 fully saturated rings. The maximum atomic E-state index is 5.29. The van der Waals surface area contributed by atoms with Crippen molar-refractivity contribution in [1.82, 2.24) is 4.98 Å². The van der Waals surface area contributed by atoms with Crippen LogP contribution in [-0.4, -0.2) is 17.8 Å². The number of hydrogen-bond acceptors (Lipinski definition) is 3. The second-order valence-electron chi connectivity index (χ2n) is 6.99. The molecular weight excluding hydrogens is 346 g/mol. The van der Waals surface area contributed by atoms with E-state index in [4.69, 9.17) is 9.84 Å². The van der Waals surface area contributed by atoms with E-state index >= 15 is 0 Å². The van der Waals surface area contributed by atoms with Gasteiger partial charge in [0.2, 0.25) is 0 Å². The van der Waals surface area contributed by atoms with E-state index in [1.165, 1.54) is 11.1 Å². The number of fused-ring (bicyclic) bond motifs is 1. The smallest absolute Gasteiger partial charge is 0.118 e. The molecule has 0 radical (unpaired) electrons. The van der Waals surface area contributed by atoms with Crippen LogP contribution in [0.1, 0.15) is 23.7 Å². The summed E-state index contributed by atoms with van der Waals surface area (Å²) < 4.78 is 5.29. The van der Waals surface area contributed by atoms with Crippen LogP contribution < -0.4 is 9.75 Å². The van der Waals surface area contributed by atoms with E-state index < -0.39 is 0 Å². The van der Waals surface area contributed by atoms with Crippen molar-refractivity contribution < 1.29 is 4.74 Å². The number of benzene rings is 3. The van der Waals surface area contributed by atoms with E-state index in [1.54, 1.807) is 7.11 Å². The van der Waals surface area contributed by atoms with Gasteiger partial charge in [-0.2, -0.15) is 5.10 Å². The molecule has 2 heterocycles. The highest BCUT2D eigenvalue weighted by Gasteiger charge is 2.31. The summed E-state index contributed by atoms with van der Waals surface area (Å²) in [4.78, 5) is 3.59. The third-order valence-corrected chi connectivity index (χ3v) is 5.26. The van der Waals surface area contributed by atoms with Gasteiger partial charge in [-0.25, -0.2) is 0 Å². The van der Waals surface area contributed by atoms with Crippen LogP contribution in [-0.2, 0) is 0 Å². The van der Waals surface area contributed by atoms with Crippen LogP contribution >= 0.6 is 0 Å². The van der Waals surface area contributed by atoms with Crippen LogP contribution in [0.5, 0.6) is 5.75 Å². The highest BCUT2D eigenvalue weighted by atomic mass is 16.5. The monoisotopic (exact) mass is 367 g/mol. The van der Waals surface area contributed by atoms with E-state index in [0.29, 0.717) is 0 Å². The Bertz CT molecular complexity index is 1100. The number of methoxy groups -OCH3 is 1. The fourth-order valence-corrected chi connectivity index (χ4v) is 3.80. The average Bonchev–Trinajstić information content (AvgIpc) is 3.39. The Morgan fingerprint density at radius 3 is 2.43 bits per heavy atom. The molecule has 3 aromatic carbocycles. The molecule has 0 spiro atoms. The van der Waals surface area contributed by atoms with Crippen LogP contribution in [0, 0.1) is 0 Å². The molecule has 1 aliphatic heterocycles. The molecule has 1 aliphatic rings. The molecule has 1 atom stereocenters. The van der Waals surface area contributed by atoms with Gasteiger partial charge in [0, 0.05) is 17.6 Å². The molecule has 138 valence electrons. The van der Waals surface area contributed by atoms with Gasteiger partial charge in [-0.15, -0.1) is 0 Å². The number of nitrogens with one attached hydrogen (secondary N) is 1. The van der Waals surface area contributed by atoms with Crippen LogP contribution in [0.15, 0.2) is 90.0 Å². The second kappa shape index (κ2) is 6.89. The molecule has 4 nitrogen and oxygen atoms in total. The van der Waals surface area contributed by atoms with E-state index in [9.17, 15) is 0 Å². The summed E-state index contributed by atoms with van der Waals surface area (Å²) in [6.45, 7) is 0. The Morgan fingerprint density at radius 1 is 0.929 bits per heavy atom. The fourth-order valence-electron chi connectivity index (χ4n) is 3.80. The Morgan fingerprint density at radius 2 is 1.68 bits per heavy atom. The number of para-hydroxylation sites is 2. The number of nitrogens with zero attached hydrogens (tertiary/aromatic N) is 2. The number of ether oxygens (including phenoxy) is 1. The van der Waals surface area contributed by atoms with Gasteiger partial charge in [0.15, 0.2) is 0 Å². The van der Waals surface area contributed by atoms with Gasteiger partial charge in [0.1, 0.15) is 5.75 Å². The van der Waals surface area contributed by atoms with Crippen LogP contribution in [0.4, 0.5) is 5.69 Å². The Kier molecular flexibility index (Phi) is 4.09. The van der Waals surface area contributed by atoms with Gasteiger partial charge >= 0.3 is 0 Å². The van der Waals surface area contributed by atoms with Crippen molar-refractivity contribution in [2.24, 2.45) is 5.10 Å². The van der Waals surface area contributed by atoms with E-state index in [0.717, 1.165) is 34.6 Å². The molecule has 1 N–H and O–H groups in total. The van der Waals surface area contributed by atoms with Gasteiger partial charge in [-0.1, -0.05) is 36.4 Å². The third kappa shape index (κ3) is 2.93. The molecule has 4 aromatic rings. The highest BCUT2D eigenvalue weighted by molar-refractivity contribution is 6.03. The summed E-state index contributed by atoms with van der Waals surface area (Å²) in [5.41, 5.74) is 5.63. The predicted octanol–water partition coefficient (Wildman–Crippen LogP) is 5.53. The maximum Gasteiger partial charge on any atom is 0.118 e. The predicted molar refractivity (Wildman–Crippen MR) is 114 cm³/mol. The van der Waals surface area contributed by atoms with Crippen molar-refractivity contribution >= 4 is 22.3 Å². The molecular formula is C24H21N3O. The molecule has 1 unspecified atom stereocenters. The standard InChI is InChI=1S/C24H21N3O/c1-28-20-13-11-17(12-14-20)22-16-24(27(26-22)19-8-3-2-4-9-19)23-15-18-7-5-6-10-21(18)25-23/h2-15,24-25H,16H2,1H3. The van der Waals surface area contributed by atoms with Gasteiger partial charge in [-0.3, -0.25) is 5.01 Å². The first-order chi connectivity index (χ1) is 13.8. The Hall–Kier alpha value is -3.53. The maximum absolute atomic E-state index is 5.29. The summed E-state index contributed by atoms with van der Waals surface area (Å²) in [6, 6.07) is 29.2. The Labute approximate surface area is 164 Å². The van der Waals surface area contributed by atoms with E-state index in [-0.39, 0.29) is 6.04 Å². The van der Waals surface area contributed by atoms with Crippen LogP contribution in [0.25, 0.3) is 10.9 Å². The normalized spacial score (nSPS) is 16.4. The van der Waals surface area contributed by atoms with Crippen molar-refractivity contribution in [2.45, 2.75) is 12.5 Å². The molecule has 28 heavy (non-hydrogen) atoms. The Balaban J connectivity index is 1.55. The number of hydrazone groups is 1. The quantitative estimate of drug-likeness (QED) is 0.515. The first-order valence-electron chi connectivity index (χ1n) is 9.46. The van der Waals surface area contributed by atoms with Gasteiger partial charge in [0.25, 0.3) is 0 Å². The SMILES string of the molecule is COc1ccc(C2=NN(c3ccccc3)C(c3cc4ccccc4[nH]3)C2)cc1. The number of aromatic nitrogens is 1. The molecule has 0 saturated heterocycles. The number of rotatable bonds is 4. The summed E-state index contributed by atoms with van der Waals surface area (Å²) in [5, 5.41) is 8.36. The lowest BCUT2D eigenvalue weighted by Crippen LogP contribution is -2.18. The van der Waals surface area contributed by atoms with Crippen molar-refractivity contribution in [2.75, 3.05) is 12.1 Å². The van der Waals surface area contributed by atoms with E-state index in [1.807, 2.05) is 18.2 Å². The largest absolute Gasteiger partial charge is 0.497 e. The minimum atomic E-state index is 0.131. The average molecular weight is 367 g/mol. The zero-order valence-corrected chi connectivity index (χ0v) is 15.7. The van der Waals surface area contributed by atoms with Gasteiger partial charge in [-0.05, 0) is 59.5 Å². The van der Waals surface area contributed by atoms with Crippen LogP contribution in [0.3, 0.4) is 0 Å². The molecule has 1 aromatic heterocycles. The molecule has 0 aliphatic carbocycles. The second-order valence-corrected chi connectivity index (χ2v) is 6.99. The van der Waals surface area contributed by atoms with Crippen molar-refractivity contribution in [3.05, 3.63) is 96.2 Å². The topological polar surface area (TPSA) is 40.6 Å². The van der Waals surface area contributed by atoms with Crippen molar-refractivity contribution in [3.63, 3.8) is 0 Å². The lowest BCUT2D eigenvalue weighted by molar-refractivity contribution is 0.415. The number of hydrogen-bond donors (Lipinski definition) is 1. The highest BCUT2D eigenvalue weighted by Crippen LogP contribution is 2.37. The zero-order chi connectivity index (χ0) is 18.9. The summed E-state index contributed by atoms with van der Waals surface area (Å²) in [5.74, 6) is 0.856. The minimum absolute atomic E-state index is 0.131. The van der Waals surface area contributed by atoms with Crippen molar-refractivity contribution in [1.29, 1.82) is 0 Å². The molecule has 4 heteroatoms. The summed E-state index contributed by atoms with van der Waals surface area (Å²) in [6.07, 6.45) is 0.841. The number of anilines is 1. The van der Waals surface area contributed by atoms with Crippen LogP contribution in [0.2, 0.25) is 0 Å². The fraction of sp³-hybridized carbons (Fsp3) is 0.125. The molecule has 5 rings (SSSR count). The first kappa shape index (κ1) is 16.6. The lowest BCUT2D eigenvalue weighted by atomic mass is 10.0. The molecule has 0 amide bonds. The van der Waals surface area contributed by atoms with Gasteiger partial charge < -0.3 is 9.72 Å². The van der Waals surface area contributed by atoms with Crippen molar-refractivity contribution in [3.8, 4) is 5.75 Å². The zero-order valence-electron chi connectivity index (χ0n) is 15.7. The summed E-state index contributed by atoms with van der Waals surface area (Å²) >= 11 is 0.